The van der Waals surface area contributed by atoms with Crippen molar-refractivity contribution in [3.63, 3.8) is 0 Å². The van der Waals surface area contributed by atoms with Gasteiger partial charge < -0.3 is 9.47 Å². The molecule has 3 fully saturated rings. The number of rotatable bonds is 5. The van der Waals surface area contributed by atoms with Crippen molar-refractivity contribution in [2.75, 3.05) is 46.0 Å². The zero-order valence-corrected chi connectivity index (χ0v) is 18.2. The molecule has 2 heterocycles. The Morgan fingerprint density at radius 1 is 1.24 bits per heavy atom. The molecule has 1 aromatic rings. The lowest BCUT2D eigenvalue weighted by Crippen LogP contribution is -2.58. The minimum Gasteiger partial charge on any atom is -0.466 e. The molecule has 3 atom stereocenters. The van der Waals surface area contributed by atoms with Gasteiger partial charge in [-0.15, -0.1) is 0 Å². The molecule has 0 unspecified atom stereocenters. The fourth-order valence-corrected chi connectivity index (χ4v) is 5.80. The number of hydrogen-bond acceptors (Lipinski definition) is 5. The second kappa shape index (κ2) is 9.34. The normalized spacial score (nSPS) is 31.2. The van der Waals surface area contributed by atoms with Gasteiger partial charge in [-0.3, -0.25) is 14.6 Å². The number of carbonyl (C=O) groups excluding carboxylic acids is 1. The predicted molar refractivity (Wildman–Crippen MR) is 114 cm³/mol. The Bertz CT molecular complexity index is 709. The quantitative estimate of drug-likeness (QED) is 0.681. The standard InChI is InChI=1S/C23H33ClN2O3/c1-2-29-22(27)23-9-7-20(26-11-13-28-14-12-26)15-19(23)8-10-25(17-23)16-18-5-3-4-6-21(18)24/h3-6,19-20H,2,7-17H2,1H3/t19-,20-,23-/m1/s1. The summed E-state index contributed by atoms with van der Waals surface area (Å²) in [6.45, 7) is 8.62. The fourth-order valence-electron chi connectivity index (χ4n) is 5.60. The third-order valence-corrected chi connectivity index (χ3v) is 7.53. The first-order valence-corrected chi connectivity index (χ1v) is 11.4. The van der Waals surface area contributed by atoms with Crippen LogP contribution in [0.1, 0.15) is 38.2 Å². The Labute approximate surface area is 179 Å². The minimum atomic E-state index is -0.377. The molecule has 0 bridgehead atoms. The van der Waals surface area contributed by atoms with Gasteiger partial charge in [0.15, 0.2) is 0 Å². The number of piperidine rings is 1. The Kier molecular flexibility index (Phi) is 6.80. The predicted octanol–water partition coefficient (Wildman–Crippen LogP) is 3.60. The van der Waals surface area contributed by atoms with E-state index in [0.717, 1.165) is 82.2 Å². The number of nitrogens with zero attached hydrogens (tertiary/aromatic N) is 2. The van der Waals surface area contributed by atoms with Gasteiger partial charge in [-0.25, -0.2) is 0 Å². The van der Waals surface area contributed by atoms with Crippen LogP contribution in [0.5, 0.6) is 0 Å². The average molecular weight is 421 g/mol. The van der Waals surface area contributed by atoms with Gasteiger partial charge in [0.05, 0.1) is 25.2 Å². The number of esters is 1. The molecule has 1 aromatic carbocycles. The maximum absolute atomic E-state index is 13.2. The highest BCUT2D eigenvalue weighted by Crippen LogP contribution is 2.48. The van der Waals surface area contributed by atoms with Crippen molar-refractivity contribution in [3.05, 3.63) is 34.9 Å². The van der Waals surface area contributed by atoms with Crippen LogP contribution >= 0.6 is 11.6 Å². The van der Waals surface area contributed by atoms with Crippen molar-refractivity contribution < 1.29 is 14.3 Å². The van der Waals surface area contributed by atoms with E-state index in [1.165, 1.54) is 0 Å². The minimum absolute atomic E-state index is 0.00860. The lowest BCUT2D eigenvalue weighted by molar-refractivity contribution is -0.170. The lowest BCUT2D eigenvalue weighted by Gasteiger charge is -2.52. The zero-order chi connectivity index (χ0) is 20.3. The molecule has 0 amide bonds. The molecular weight excluding hydrogens is 388 g/mol. The smallest absolute Gasteiger partial charge is 0.313 e. The number of halogens is 1. The molecule has 1 aliphatic carbocycles. The number of benzene rings is 1. The van der Waals surface area contributed by atoms with Crippen molar-refractivity contribution >= 4 is 17.6 Å². The number of carbonyl (C=O) groups is 1. The fraction of sp³-hybridized carbons (Fsp3) is 0.696. The molecule has 4 rings (SSSR count). The summed E-state index contributed by atoms with van der Waals surface area (Å²) in [5, 5.41) is 0.802. The molecule has 1 saturated carbocycles. The van der Waals surface area contributed by atoms with Gasteiger partial charge in [-0.1, -0.05) is 29.8 Å². The van der Waals surface area contributed by atoms with E-state index in [9.17, 15) is 4.79 Å². The second-order valence-electron chi connectivity index (χ2n) is 8.74. The summed E-state index contributed by atoms with van der Waals surface area (Å²) in [5.41, 5.74) is 0.756. The van der Waals surface area contributed by atoms with Crippen LogP contribution in [-0.2, 0) is 20.8 Å². The molecule has 0 radical (unpaired) electrons. The van der Waals surface area contributed by atoms with Crippen molar-refractivity contribution in [1.29, 1.82) is 0 Å². The molecule has 3 aliphatic rings. The van der Waals surface area contributed by atoms with E-state index in [-0.39, 0.29) is 11.4 Å². The van der Waals surface area contributed by atoms with Crippen LogP contribution in [0.25, 0.3) is 0 Å². The Morgan fingerprint density at radius 2 is 2.03 bits per heavy atom. The summed E-state index contributed by atoms with van der Waals surface area (Å²) in [6, 6.07) is 8.59. The first-order valence-electron chi connectivity index (χ1n) is 11.1. The van der Waals surface area contributed by atoms with Gasteiger partial charge in [0.1, 0.15) is 0 Å². The van der Waals surface area contributed by atoms with Crippen LogP contribution in [0.3, 0.4) is 0 Å². The van der Waals surface area contributed by atoms with Crippen LogP contribution in [0, 0.1) is 11.3 Å². The van der Waals surface area contributed by atoms with Gasteiger partial charge in [0, 0.05) is 37.2 Å². The van der Waals surface area contributed by atoms with E-state index >= 15 is 0 Å². The molecular formula is C23H33ClN2O3. The van der Waals surface area contributed by atoms with Crippen molar-refractivity contribution in [1.82, 2.24) is 9.80 Å². The molecule has 2 aliphatic heterocycles. The highest BCUT2D eigenvalue weighted by Gasteiger charge is 2.53. The summed E-state index contributed by atoms with van der Waals surface area (Å²) in [5.74, 6) is 0.403. The highest BCUT2D eigenvalue weighted by atomic mass is 35.5. The summed E-state index contributed by atoms with van der Waals surface area (Å²) in [7, 11) is 0. The Morgan fingerprint density at radius 3 is 2.79 bits per heavy atom. The third kappa shape index (κ3) is 4.48. The van der Waals surface area contributed by atoms with E-state index < -0.39 is 0 Å². The van der Waals surface area contributed by atoms with Crippen LogP contribution in [0.4, 0.5) is 0 Å². The molecule has 6 heteroatoms. The maximum Gasteiger partial charge on any atom is 0.313 e. The Balaban J connectivity index is 1.49. The van der Waals surface area contributed by atoms with Gasteiger partial charge in [0.2, 0.25) is 0 Å². The number of morpholine rings is 1. The number of ether oxygens (including phenoxy) is 2. The lowest BCUT2D eigenvalue weighted by atomic mass is 9.61. The van der Waals surface area contributed by atoms with E-state index in [4.69, 9.17) is 21.1 Å². The molecule has 0 aromatic heterocycles. The summed E-state index contributed by atoms with van der Waals surface area (Å²) < 4.78 is 11.2. The third-order valence-electron chi connectivity index (χ3n) is 7.16. The summed E-state index contributed by atoms with van der Waals surface area (Å²) >= 11 is 6.40. The number of likely N-dealkylation sites (tertiary alicyclic amines) is 1. The van der Waals surface area contributed by atoms with Gasteiger partial charge in [0.25, 0.3) is 0 Å². The summed E-state index contributed by atoms with van der Waals surface area (Å²) in [4.78, 5) is 18.2. The molecule has 2 saturated heterocycles. The molecule has 0 spiro atoms. The van der Waals surface area contributed by atoms with Crippen LogP contribution < -0.4 is 0 Å². The van der Waals surface area contributed by atoms with Gasteiger partial charge in [-0.2, -0.15) is 0 Å². The zero-order valence-electron chi connectivity index (χ0n) is 17.4. The van der Waals surface area contributed by atoms with E-state index in [1.54, 1.807) is 0 Å². The van der Waals surface area contributed by atoms with Crippen LogP contribution in [0.15, 0.2) is 24.3 Å². The van der Waals surface area contributed by atoms with E-state index in [1.807, 2.05) is 25.1 Å². The van der Waals surface area contributed by atoms with Gasteiger partial charge in [-0.05, 0) is 56.7 Å². The molecule has 0 N–H and O–H groups in total. The van der Waals surface area contributed by atoms with E-state index in [2.05, 4.69) is 15.9 Å². The van der Waals surface area contributed by atoms with E-state index in [0.29, 0.717) is 18.6 Å². The Hall–Kier alpha value is -1.14. The monoisotopic (exact) mass is 420 g/mol. The summed E-state index contributed by atoms with van der Waals surface area (Å²) in [6.07, 6.45) is 4.12. The topological polar surface area (TPSA) is 42.0 Å². The SMILES string of the molecule is CCOC(=O)[C@@]12CC[C@@H](N3CCOCC3)C[C@H]1CCN(Cc1ccccc1Cl)C2. The van der Waals surface area contributed by atoms with Gasteiger partial charge >= 0.3 is 5.97 Å². The number of fused-ring (bicyclic) bond motifs is 1. The average Bonchev–Trinajstić information content (AvgIpc) is 2.75. The number of hydrogen-bond donors (Lipinski definition) is 0. The van der Waals surface area contributed by atoms with Crippen molar-refractivity contribution in [3.8, 4) is 0 Å². The second-order valence-corrected chi connectivity index (χ2v) is 9.15. The largest absolute Gasteiger partial charge is 0.466 e. The first-order chi connectivity index (χ1) is 14.1. The molecule has 160 valence electrons. The molecule has 29 heavy (non-hydrogen) atoms. The highest BCUT2D eigenvalue weighted by molar-refractivity contribution is 6.31. The van der Waals surface area contributed by atoms with Crippen molar-refractivity contribution in [2.45, 2.75) is 45.2 Å². The van der Waals surface area contributed by atoms with Crippen LogP contribution in [0.2, 0.25) is 5.02 Å². The van der Waals surface area contributed by atoms with Crippen LogP contribution in [-0.4, -0.2) is 67.8 Å². The first kappa shape index (κ1) is 21.1. The maximum atomic E-state index is 13.2. The molecule has 5 nitrogen and oxygen atoms in total. The van der Waals surface area contributed by atoms with Crippen molar-refractivity contribution in [2.24, 2.45) is 11.3 Å².